The summed E-state index contributed by atoms with van der Waals surface area (Å²) in [7, 11) is 0. The lowest BCUT2D eigenvalue weighted by molar-refractivity contribution is -0.136. The summed E-state index contributed by atoms with van der Waals surface area (Å²) in [4.78, 5) is 20.8. The topological polar surface area (TPSA) is 52.1 Å². The first-order chi connectivity index (χ1) is 17.5. The number of pyridine rings is 2. The lowest BCUT2D eigenvalue weighted by Crippen LogP contribution is -2.08. The molecule has 0 amide bonds. The van der Waals surface area contributed by atoms with E-state index in [9.17, 15) is 18.0 Å². The van der Waals surface area contributed by atoms with Crippen molar-refractivity contribution in [2.24, 2.45) is 0 Å². The lowest BCUT2D eigenvalue weighted by atomic mass is 9.91. The van der Waals surface area contributed by atoms with Gasteiger partial charge < -0.3 is 4.74 Å². The Morgan fingerprint density at radius 1 is 0.833 bits per heavy atom. The largest absolute Gasteiger partial charge is 0.489 e. The van der Waals surface area contributed by atoms with Crippen molar-refractivity contribution >= 4 is 17.2 Å². The third kappa shape index (κ3) is 4.55. The molecule has 178 valence electrons. The van der Waals surface area contributed by atoms with Crippen LogP contribution in [0.2, 0.25) is 0 Å². The first-order valence-corrected chi connectivity index (χ1v) is 11.1. The predicted molar refractivity (Wildman–Crippen MR) is 132 cm³/mol. The van der Waals surface area contributed by atoms with Crippen LogP contribution in [0.15, 0.2) is 97.3 Å². The van der Waals surface area contributed by atoms with Gasteiger partial charge >= 0.3 is 6.18 Å². The van der Waals surface area contributed by atoms with Crippen LogP contribution in [-0.4, -0.2) is 16.3 Å². The molecular weight excluding hydrogens is 465 g/mol. The first-order valence-electron chi connectivity index (χ1n) is 11.1. The Bertz CT molecular complexity index is 1540. The summed E-state index contributed by atoms with van der Waals surface area (Å²) < 4.78 is 47.8. The molecule has 0 fully saturated rings. The molecule has 0 spiro atoms. The molecule has 0 bridgehead atoms. The lowest BCUT2D eigenvalue weighted by Gasteiger charge is -2.18. The highest BCUT2D eigenvalue weighted by atomic mass is 19.4. The molecule has 3 aromatic carbocycles. The average molecular weight is 484 g/mol. The minimum absolute atomic E-state index is 0.188. The maximum absolute atomic E-state index is 14.0. The van der Waals surface area contributed by atoms with Crippen LogP contribution in [0.5, 0.6) is 5.75 Å². The number of carbonyl (C=O) groups is 1. The molecule has 5 aromatic rings. The fourth-order valence-corrected chi connectivity index (χ4v) is 4.16. The number of aromatic nitrogens is 2. The molecular formula is C29H19F3N2O2. The van der Waals surface area contributed by atoms with Crippen LogP contribution in [0.1, 0.15) is 21.5 Å². The van der Waals surface area contributed by atoms with Gasteiger partial charge in [0.1, 0.15) is 12.4 Å². The second-order valence-electron chi connectivity index (χ2n) is 8.10. The molecule has 5 rings (SSSR count). The van der Waals surface area contributed by atoms with Gasteiger partial charge in [-0.2, -0.15) is 13.2 Å². The second kappa shape index (κ2) is 9.62. The molecule has 0 aliphatic rings. The van der Waals surface area contributed by atoms with E-state index < -0.39 is 11.7 Å². The number of para-hydroxylation sites is 1. The molecule has 4 nitrogen and oxygen atoms in total. The third-order valence-electron chi connectivity index (χ3n) is 5.80. The number of nitrogens with zero attached hydrogens (tertiary/aromatic N) is 2. The molecule has 2 heterocycles. The van der Waals surface area contributed by atoms with Gasteiger partial charge in [0, 0.05) is 34.5 Å². The summed E-state index contributed by atoms with van der Waals surface area (Å²) in [6.07, 6.45) is -0.638. The predicted octanol–water partition coefficient (Wildman–Crippen LogP) is 7.37. The highest BCUT2D eigenvalue weighted by molar-refractivity contribution is 6.08. The molecule has 0 saturated heterocycles. The maximum Gasteiger partial charge on any atom is 0.418 e. The van der Waals surface area contributed by atoms with Crippen molar-refractivity contribution in [2.75, 3.05) is 0 Å². The Morgan fingerprint density at radius 2 is 1.56 bits per heavy atom. The van der Waals surface area contributed by atoms with Gasteiger partial charge in [0.05, 0.1) is 16.8 Å². The summed E-state index contributed by atoms with van der Waals surface area (Å²) in [6.45, 7) is 0.289. The van der Waals surface area contributed by atoms with Gasteiger partial charge in [-0.15, -0.1) is 0 Å². The number of rotatable bonds is 6. The van der Waals surface area contributed by atoms with E-state index in [2.05, 4.69) is 9.97 Å². The minimum Gasteiger partial charge on any atom is -0.489 e. The van der Waals surface area contributed by atoms with Crippen LogP contribution < -0.4 is 4.74 Å². The Labute approximate surface area is 205 Å². The monoisotopic (exact) mass is 484 g/mol. The van der Waals surface area contributed by atoms with Gasteiger partial charge in [-0.3, -0.25) is 9.78 Å². The smallest absolute Gasteiger partial charge is 0.418 e. The number of alkyl halides is 3. The van der Waals surface area contributed by atoms with Gasteiger partial charge in [0.25, 0.3) is 0 Å². The van der Waals surface area contributed by atoms with Crippen molar-refractivity contribution in [3.63, 3.8) is 0 Å². The van der Waals surface area contributed by atoms with E-state index in [1.54, 1.807) is 73.1 Å². The van der Waals surface area contributed by atoms with E-state index in [0.717, 1.165) is 11.6 Å². The molecule has 0 saturated carbocycles. The Kier molecular flexibility index (Phi) is 6.21. The van der Waals surface area contributed by atoms with Crippen molar-refractivity contribution in [2.45, 2.75) is 12.8 Å². The Morgan fingerprint density at radius 3 is 2.28 bits per heavy atom. The molecule has 36 heavy (non-hydrogen) atoms. The molecule has 0 unspecified atom stereocenters. The summed E-state index contributed by atoms with van der Waals surface area (Å²) in [5.41, 5.74) is 1.70. The standard InChI is InChI=1S/C29H19F3N2O2/c30-29(31,32)25-11-5-10-23-26(24(17-35)27(34-28(23)25)20-6-2-1-3-7-20)21-8-4-9-22(16-21)36-18-19-12-14-33-15-13-19/h1-17H,18H2. The highest BCUT2D eigenvalue weighted by Gasteiger charge is 2.34. The molecule has 0 aliphatic carbocycles. The van der Waals surface area contributed by atoms with Crippen molar-refractivity contribution in [1.29, 1.82) is 0 Å². The van der Waals surface area contributed by atoms with Gasteiger partial charge in [-0.05, 0) is 41.5 Å². The van der Waals surface area contributed by atoms with Crippen LogP contribution in [0.3, 0.4) is 0 Å². The zero-order valence-electron chi connectivity index (χ0n) is 18.9. The fraction of sp³-hybridized carbons (Fsp3) is 0.0690. The van der Waals surface area contributed by atoms with Crippen LogP contribution in [0.4, 0.5) is 13.2 Å². The molecule has 0 radical (unpaired) electrons. The van der Waals surface area contributed by atoms with Gasteiger partial charge in [0.15, 0.2) is 6.29 Å². The van der Waals surface area contributed by atoms with Crippen molar-refractivity contribution in [3.05, 3.63) is 114 Å². The van der Waals surface area contributed by atoms with E-state index >= 15 is 0 Å². The molecule has 0 aliphatic heterocycles. The number of ether oxygens (including phenoxy) is 1. The van der Waals surface area contributed by atoms with E-state index in [1.807, 2.05) is 12.1 Å². The Balaban J connectivity index is 1.73. The van der Waals surface area contributed by atoms with Crippen molar-refractivity contribution in [3.8, 4) is 28.1 Å². The maximum atomic E-state index is 14.0. The van der Waals surface area contributed by atoms with Crippen LogP contribution in [0, 0.1) is 0 Å². The summed E-state index contributed by atoms with van der Waals surface area (Å²) in [5, 5.41) is 0.234. The number of carbonyl (C=O) groups excluding carboxylic acids is 1. The van der Waals surface area contributed by atoms with Crippen LogP contribution in [-0.2, 0) is 12.8 Å². The number of benzene rings is 3. The highest BCUT2D eigenvalue weighted by Crippen LogP contribution is 2.41. The quantitative estimate of drug-likeness (QED) is 0.236. The normalized spacial score (nSPS) is 11.4. The summed E-state index contributed by atoms with van der Waals surface area (Å²) >= 11 is 0. The number of fused-ring (bicyclic) bond motifs is 1. The number of halogens is 3. The first kappa shape index (κ1) is 23.2. The summed E-state index contributed by atoms with van der Waals surface area (Å²) in [6, 6.07) is 23.2. The van der Waals surface area contributed by atoms with Crippen LogP contribution >= 0.6 is 0 Å². The second-order valence-corrected chi connectivity index (χ2v) is 8.10. The molecule has 2 aromatic heterocycles. The Hall–Kier alpha value is -4.52. The van der Waals surface area contributed by atoms with E-state index in [-0.39, 0.29) is 28.8 Å². The van der Waals surface area contributed by atoms with Gasteiger partial charge in [-0.1, -0.05) is 54.6 Å². The van der Waals surface area contributed by atoms with E-state index in [0.29, 0.717) is 28.7 Å². The number of hydrogen-bond acceptors (Lipinski definition) is 4. The third-order valence-corrected chi connectivity index (χ3v) is 5.80. The zero-order valence-corrected chi connectivity index (χ0v) is 18.9. The van der Waals surface area contributed by atoms with Crippen LogP contribution in [0.25, 0.3) is 33.3 Å². The van der Waals surface area contributed by atoms with Crippen molar-refractivity contribution in [1.82, 2.24) is 9.97 Å². The molecule has 0 atom stereocenters. The van der Waals surface area contributed by atoms with Gasteiger partial charge in [0.2, 0.25) is 0 Å². The summed E-state index contributed by atoms with van der Waals surface area (Å²) in [5.74, 6) is 0.513. The van der Waals surface area contributed by atoms with Crippen molar-refractivity contribution < 1.29 is 22.7 Å². The van der Waals surface area contributed by atoms with Gasteiger partial charge in [-0.25, -0.2) is 4.98 Å². The average Bonchev–Trinajstić information content (AvgIpc) is 2.91. The molecule has 7 heteroatoms. The van der Waals surface area contributed by atoms with E-state index in [4.69, 9.17) is 4.74 Å². The minimum atomic E-state index is -4.62. The SMILES string of the molecule is O=Cc1c(-c2ccccc2)nc2c(C(F)(F)F)cccc2c1-c1cccc(OCc2ccncc2)c1. The fourth-order valence-electron chi connectivity index (χ4n) is 4.16. The number of aldehydes is 1. The zero-order chi connectivity index (χ0) is 25.1. The van der Waals surface area contributed by atoms with E-state index in [1.165, 1.54) is 6.07 Å². The molecule has 0 N–H and O–H groups in total. The number of hydrogen-bond donors (Lipinski definition) is 0.